The number of amides is 1. The van der Waals surface area contributed by atoms with Crippen LogP contribution < -0.4 is 11.4 Å². The average Bonchev–Trinajstić information content (AvgIpc) is 2.68. The Bertz CT molecular complexity index is 509. The molecule has 6 heteroatoms. The van der Waals surface area contributed by atoms with E-state index in [2.05, 4.69) is 9.88 Å². The van der Waals surface area contributed by atoms with Crippen molar-refractivity contribution in [2.75, 3.05) is 20.1 Å². The van der Waals surface area contributed by atoms with E-state index in [1.807, 2.05) is 7.05 Å². The van der Waals surface area contributed by atoms with E-state index in [4.69, 9.17) is 5.73 Å². The van der Waals surface area contributed by atoms with Gasteiger partial charge in [0.05, 0.1) is 11.3 Å². The summed E-state index contributed by atoms with van der Waals surface area (Å²) in [6.07, 6.45) is 2.38. The van der Waals surface area contributed by atoms with Gasteiger partial charge in [-0.15, -0.1) is 0 Å². The van der Waals surface area contributed by atoms with Crippen LogP contribution in [0.4, 0.5) is 0 Å². The van der Waals surface area contributed by atoms with Gasteiger partial charge in [-0.05, 0) is 20.0 Å². The summed E-state index contributed by atoms with van der Waals surface area (Å²) in [6.45, 7) is 1.75. The maximum absolute atomic E-state index is 11.5. The molecule has 2 rings (SSSR count). The van der Waals surface area contributed by atoms with Crippen molar-refractivity contribution in [2.24, 2.45) is 12.8 Å². The van der Waals surface area contributed by atoms with Crippen LogP contribution in [0.15, 0.2) is 11.0 Å². The Morgan fingerprint density at radius 3 is 2.76 bits per heavy atom. The maximum atomic E-state index is 11.5. The standard InChI is InChI=1S/C11H16N4O2/c1-14-4-3-7(5-14)9-8(10(12)16)6-15(2)11(17)13-9/h6-7H,3-5H2,1-2H3,(H2,12,16). The summed E-state index contributed by atoms with van der Waals surface area (Å²) in [7, 11) is 3.57. The van der Waals surface area contributed by atoms with E-state index < -0.39 is 5.91 Å². The second-order valence-electron chi connectivity index (χ2n) is 4.55. The first-order chi connectivity index (χ1) is 7.99. The van der Waals surface area contributed by atoms with E-state index in [-0.39, 0.29) is 11.6 Å². The Morgan fingerprint density at radius 2 is 2.24 bits per heavy atom. The van der Waals surface area contributed by atoms with E-state index in [0.29, 0.717) is 11.3 Å². The first-order valence-corrected chi connectivity index (χ1v) is 5.55. The summed E-state index contributed by atoms with van der Waals surface area (Å²) in [6, 6.07) is 0. The van der Waals surface area contributed by atoms with Crippen molar-refractivity contribution in [1.29, 1.82) is 0 Å². The van der Waals surface area contributed by atoms with Gasteiger partial charge in [-0.25, -0.2) is 4.79 Å². The summed E-state index contributed by atoms with van der Waals surface area (Å²) >= 11 is 0. The minimum atomic E-state index is -0.530. The topological polar surface area (TPSA) is 81.2 Å². The van der Waals surface area contributed by atoms with Crippen molar-refractivity contribution in [2.45, 2.75) is 12.3 Å². The highest BCUT2D eigenvalue weighted by Gasteiger charge is 2.26. The fraction of sp³-hybridized carbons (Fsp3) is 0.545. The van der Waals surface area contributed by atoms with Crippen molar-refractivity contribution in [3.05, 3.63) is 27.9 Å². The number of primary amides is 1. The lowest BCUT2D eigenvalue weighted by Crippen LogP contribution is -2.28. The Hall–Kier alpha value is -1.69. The molecule has 1 unspecified atom stereocenters. The molecule has 1 fully saturated rings. The zero-order chi connectivity index (χ0) is 12.6. The third-order valence-electron chi connectivity index (χ3n) is 3.16. The number of rotatable bonds is 2. The summed E-state index contributed by atoms with van der Waals surface area (Å²) in [5.74, 6) is -0.408. The molecule has 1 aliphatic rings. The molecule has 92 valence electrons. The third-order valence-corrected chi connectivity index (χ3v) is 3.16. The van der Waals surface area contributed by atoms with Crippen LogP contribution in [-0.2, 0) is 7.05 Å². The number of aromatic nitrogens is 2. The highest BCUT2D eigenvalue weighted by molar-refractivity contribution is 5.93. The van der Waals surface area contributed by atoms with Gasteiger partial charge in [-0.1, -0.05) is 0 Å². The Morgan fingerprint density at radius 1 is 1.53 bits per heavy atom. The van der Waals surface area contributed by atoms with E-state index >= 15 is 0 Å². The fourth-order valence-electron chi connectivity index (χ4n) is 2.22. The highest BCUT2D eigenvalue weighted by atomic mass is 16.1. The summed E-state index contributed by atoms with van der Waals surface area (Å²) < 4.78 is 1.28. The molecule has 1 aromatic heterocycles. The minimum Gasteiger partial charge on any atom is -0.365 e. The molecular weight excluding hydrogens is 220 g/mol. The van der Waals surface area contributed by atoms with Crippen molar-refractivity contribution in [3.8, 4) is 0 Å². The van der Waals surface area contributed by atoms with Crippen LogP contribution >= 0.6 is 0 Å². The lowest BCUT2D eigenvalue weighted by Gasteiger charge is -2.13. The number of carbonyl (C=O) groups excluding carboxylic acids is 1. The van der Waals surface area contributed by atoms with Crippen LogP contribution in [0, 0.1) is 0 Å². The van der Waals surface area contributed by atoms with Gasteiger partial charge in [-0.3, -0.25) is 4.79 Å². The van der Waals surface area contributed by atoms with E-state index in [1.165, 1.54) is 10.8 Å². The van der Waals surface area contributed by atoms with Gasteiger partial charge >= 0.3 is 5.69 Å². The van der Waals surface area contributed by atoms with Gasteiger partial charge in [-0.2, -0.15) is 4.98 Å². The molecule has 2 heterocycles. The number of nitrogens with zero attached hydrogens (tertiary/aromatic N) is 3. The van der Waals surface area contributed by atoms with Gasteiger partial charge in [0.1, 0.15) is 0 Å². The van der Waals surface area contributed by atoms with Crippen molar-refractivity contribution in [3.63, 3.8) is 0 Å². The lowest BCUT2D eigenvalue weighted by atomic mass is 10.00. The van der Waals surface area contributed by atoms with Crippen molar-refractivity contribution in [1.82, 2.24) is 14.5 Å². The molecule has 0 aliphatic carbocycles. The fourth-order valence-corrected chi connectivity index (χ4v) is 2.22. The monoisotopic (exact) mass is 236 g/mol. The normalized spacial score (nSPS) is 20.7. The third kappa shape index (κ3) is 2.21. The van der Waals surface area contributed by atoms with Gasteiger partial charge in [0.25, 0.3) is 5.91 Å². The summed E-state index contributed by atoms with van der Waals surface area (Å²) in [5, 5.41) is 0. The van der Waals surface area contributed by atoms with Crippen LogP contribution in [0.3, 0.4) is 0 Å². The van der Waals surface area contributed by atoms with E-state index in [9.17, 15) is 9.59 Å². The van der Waals surface area contributed by atoms with Crippen molar-refractivity contribution >= 4 is 5.91 Å². The van der Waals surface area contributed by atoms with Gasteiger partial charge < -0.3 is 15.2 Å². The predicted molar refractivity (Wildman–Crippen MR) is 62.9 cm³/mol. The zero-order valence-electron chi connectivity index (χ0n) is 10.0. The number of aryl methyl sites for hydroxylation is 1. The summed E-state index contributed by atoms with van der Waals surface area (Å²) in [5.41, 5.74) is 5.88. The molecule has 2 N–H and O–H groups in total. The Kier molecular flexibility index (Phi) is 2.97. The average molecular weight is 236 g/mol. The van der Waals surface area contributed by atoms with Gasteiger partial charge in [0, 0.05) is 25.7 Å². The Balaban J connectivity index is 2.48. The number of likely N-dealkylation sites (N-methyl/N-ethyl adjacent to an activating group) is 1. The number of hydrogen-bond acceptors (Lipinski definition) is 4. The number of nitrogens with two attached hydrogens (primary N) is 1. The Labute approximate surface area is 99.1 Å². The quantitative estimate of drug-likeness (QED) is 0.736. The lowest BCUT2D eigenvalue weighted by molar-refractivity contribution is 0.0997. The first-order valence-electron chi connectivity index (χ1n) is 5.55. The number of carbonyl (C=O) groups is 1. The van der Waals surface area contributed by atoms with Crippen molar-refractivity contribution < 1.29 is 4.79 Å². The van der Waals surface area contributed by atoms with E-state index in [0.717, 1.165) is 19.5 Å². The molecule has 1 aromatic rings. The zero-order valence-corrected chi connectivity index (χ0v) is 10.0. The first kappa shape index (κ1) is 11.8. The molecule has 0 bridgehead atoms. The van der Waals surface area contributed by atoms with Crippen LogP contribution in [0.5, 0.6) is 0 Å². The number of hydrogen-bond donors (Lipinski definition) is 1. The van der Waals surface area contributed by atoms with E-state index in [1.54, 1.807) is 7.05 Å². The van der Waals surface area contributed by atoms with Crippen LogP contribution in [0.25, 0.3) is 0 Å². The number of likely N-dealkylation sites (tertiary alicyclic amines) is 1. The summed E-state index contributed by atoms with van der Waals surface area (Å²) in [4.78, 5) is 29.1. The molecule has 0 spiro atoms. The van der Waals surface area contributed by atoms with Crippen LogP contribution in [-0.4, -0.2) is 40.5 Å². The highest BCUT2D eigenvalue weighted by Crippen LogP contribution is 2.26. The molecular formula is C11H16N4O2. The maximum Gasteiger partial charge on any atom is 0.347 e. The van der Waals surface area contributed by atoms with Gasteiger partial charge in [0.2, 0.25) is 0 Å². The molecule has 0 aromatic carbocycles. The molecule has 6 nitrogen and oxygen atoms in total. The smallest absolute Gasteiger partial charge is 0.347 e. The molecule has 1 saturated heterocycles. The molecule has 1 atom stereocenters. The van der Waals surface area contributed by atoms with Gasteiger partial charge in [0.15, 0.2) is 0 Å². The minimum absolute atomic E-state index is 0.122. The largest absolute Gasteiger partial charge is 0.365 e. The SMILES string of the molecule is CN1CCC(c2nc(=O)n(C)cc2C(N)=O)C1. The molecule has 17 heavy (non-hydrogen) atoms. The second kappa shape index (κ2) is 4.29. The molecule has 0 saturated carbocycles. The predicted octanol–water partition coefficient (Wildman–Crippen LogP) is -0.702. The van der Waals surface area contributed by atoms with Crippen LogP contribution in [0.2, 0.25) is 0 Å². The van der Waals surface area contributed by atoms with Crippen LogP contribution in [0.1, 0.15) is 28.4 Å². The second-order valence-corrected chi connectivity index (χ2v) is 4.55. The molecule has 1 aliphatic heterocycles. The molecule has 1 amide bonds. The molecule has 0 radical (unpaired) electrons.